The summed E-state index contributed by atoms with van der Waals surface area (Å²) in [5.74, 6) is -1.52. The molecule has 0 bridgehead atoms. The van der Waals surface area contributed by atoms with Gasteiger partial charge in [-0.1, -0.05) is 38.5 Å². The number of hydrogen-bond donors (Lipinski definition) is 7. The van der Waals surface area contributed by atoms with Crippen LogP contribution >= 0.6 is 47.1 Å². The first kappa shape index (κ1) is 39.5. The van der Waals surface area contributed by atoms with Gasteiger partial charge in [0.05, 0.1) is 23.5 Å². The van der Waals surface area contributed by atoms with Crippen LogP contribution in [0.15, 0.2) is 0 Å². The second-order valence-electron chi connectivity index (χ2n) is 8.55. The van der Waals surface area contributed by atoms with Gasteiger partial charge in [0.15, 0.2) is 0 Å². The van der Waals surface area contributed by atoms with Crippen LogP contribution in [-0.2, 0) is 25.0 Å². The molecule has 2 aliphatic rings. The number of aliphatic carboxylic acids is 1. The summed E-state index contributed by atoms with van der Waals surface area (Å²) in [4.78, 5) is 14.4. The van der Waals surface area contributed by atoms with Crippen LogP contribution < -0.4 is 9.67 Å². The van der Waals surface area contributed by atoms with E-state index in [0.29, 0.717) is 32.2 Å². The minimum absolute atomic E-state index is 0. The first-order valence-electron chi connectivity index (χ1n) is 11.1. The molecule has 221 valence electrons. The molecule has 0 aromatic rings. The molecular weight excluding hydrogens is 623 g/mol. The smallest absolute Gasteiger partial charge is 0.481 e. The Morgan fingerprint density at radius 1 is 0.838 bits per heavy atom. The number of rotatable bonds is 9. The van der Waals surface area contributed by atoms with Crippen molar-refractivity contribution in [2.24, 2.45) is 0 Å². The Kier molecular flexibility index (Phi) is 21.6. The van der Waals surface area contributed by atoms with E-state index in [1.54, 1.807) is 0 Å². The summed E-state index contributed by atoms with van der Waals surface area (Å²) in [6.07, 6.45) is 8.50. The predicted molar refractivity (Wildman–Crippen MR) is 143 cm³/mol. The molecule has 0 atom stereocenters. The lowest BCUT2D eigenvalue weighted by molar-refractivity contribution is -0.136. The molecule has 0 amide bonds. The zero-order valence-electron chi connectivity index (χ0n) is 20.0. The fourth-order valence-electron chi connectivity index (χ4n) is 3.91. The number of carboxylic acid groups (broad SMARTS) is 1. The van der Waals surface area contributed by atoms with Crippen molar-refractivity contribution in [1.29, 1.82) is 0 Å². The van der Waals surface area contributed by atoms with Crippen LogP contribution in [0.4, 0.5) is 0 Å². The highest BCUT2D eigenvalue weighted by Crippen LogP contribution is 2.37. The van der Waals surface area contributed by atoms with Crippen molar-refractivity contribution in [2.45, 2.75) is 81.7 Å². The van der Waals surface area contributed by atoms with Gasteiger partial charge in [0, 0.05) is 12.1 Å². The second kappa shape index (κ2) is 20.2. The first-order valence-corrected chi connectivity index (χ1v) is 15.7. The van der Waals surface area contributed by atoms with Gasteiger partial charge in [-0.2, -0.15) is 16.8 Å². The number of nitrogens with one attached hydrogen (secondary N) is 2. The standard InChI is InChI=1S/C7H13Cl2NO3S.C7H14ClNO3S.C3H6ClNO2.BH2O2/c8-10(9)7(6-14(11,12)13)4-2-1-3-5-7;8-9-7(6-13(10,11)12)4-2-1-3-5-7;4-5-2-1-3(6)7;2-1-3/h1-6H2,(H,11,12,13);9H,1-6H2,(H,10,11,12);5H,1-2H2,(H,6,7);2-3H. The summed E-state index contributed by atoms with van der Waals surface area (Å²) in [6, 6.07) is 0. The largest absolute Gasteiger partial charge is 0.482 e. The molecule has 20 heteroatoms. The highest BCUT2D eigenvalue weighted by molar-refractivity contribution is 7.86. The van der Waals surface area contributed by atoms with Gasteiger partial charge in [0.1, 0.15) is 0 Å². The van der Waals surface area contributed by atoms with E-state index in [4.69, 9.17) is 71.4 Å². The fourth-order valence-corrected chi connectivity index (χ4v) is 7.09. The van der Waals surface area contributed by atoms with Crippen LogP contribution in [0.5, 0.6) is 0 Å². The maximum absolute atomic E-state index is 10.8. The van der Waals surface area contributed by atoms with E-state index in [1.807, 2.05) is 0 Å². The van der Waals surface area contributed by atoms with Gasteiger partial charge < -0.3 is 15.2 Å². The minimum Gasteiger partial charge on any atom is -0.481 e. The highest BCUT2D eigenvalue weighted by Gasteiger charge is 2.41. The van der Waals surface area contributed by atoms with Crippen LogP contribution in [0, 0.1) is 0 Å². The Labute approximate surface area is 239 Å². The van der Waals surface area contributed by atoms with Crippen LogP contribution in [0.1, 0.15) is 70.6 Å². The highest BCUT2D eigenvalue weighted by atomic mass is 35.5. The lowest BCUT2D eigenvalue weighted by Crippen LogP contribution is -2.47. The summed E-state index contributed by atoms with van der Waals surface area (Å²) in [5, 5.41) is 21.9. The molecule has 0 saturated heterocycles. The fraction of sp³-hybridized carbons (Fsp3) is 0.941. The van der Waals surface area contributed by atoms with Gasteiger partial charge in [-0.25, -0.2) is 9.67 Å². The molecule has 37 heavy (non-hydrogen) atoms. The van der Waals surface area contributed by atoms with Crippen LogP contribution in [0.2, 0.25) is 0 Å². The number of carbonyl (C=O) groups is 1. The average molecular weight is 658 g/mol. The average Bonchev–Trinajstić information content (AvgIpc) is 2.78. The van der Waals surface area contributed by atoms with E-state index in [1.165, 1.54) is 0 Å². The molecule has 2 aliphatic carbocycles. The molecular formula is C17H35BCl4N3O10S2. The van der Waals surface area contributed by atoms with Crippen molar-refractivity contribution in [1.82, 2.24) is 13.6 Å². The molecule has 2 fully saturated rings. The molecule has 1 radical (unpaired) electrons. The summed E-state index contributed by atoms with van der Waals surface area (Å²) >= 11 is 21.7. The zero-order valence-corrected chi connectivity index (χ0v) is 24.7. The second-order valence-corrected chi connectivity index (χ2v) is 12.8. The Balaban J connectivity index is 0. The normalized spacial score (nSPS) is 18.6. The maximum Gasteiger partial charge on any atom is 0.482 e. The van der Waals surface area contributed by atoms with E-state index in [0.717, 1.165) is 42.5 Å². The van der Waals surface area contributed by atoms with Crippen molar-refractivity contribution in [3.8, 4) is 0 Å². The number of nitrogens with zero attached hydrogens (tertiary/aromatic N) is 1. The summed E-state index contributed by atoms with van der Waals surface area (Å²) in [6.45, 7) is 0.316. The molecule has 0 aromatic heterocycles. The van der Waals surface area contributed by atoms with Gasteiger partial charge in [-0.05, 0) is 72.8 Å². The summed E-state index contributed by atoms with van der Waals surface area (Å²) in [7, 11) is -7.98. The van der Waals surface area contributed by atoms with Crippen LogP contribution in [0.3, 0.4) is 0 Å². The van der Waals surface area contributed by atoms with Crippen molar-refractivity contribution in [2.75, 3.05) is 18.1 Å². The van der Waals surface area contributed by atoms with Crippen molar-refractivity contribution >= 4 is 81.0 Å². The maximum atomic E-state index is 10.8. The Bertz CT molecular complexity index is 829. The van der Waals surface area contributed by atoms with Crippen molar-refractivity contribution < 1.29 is 45.9 Å². The number of halogens is 4. The molecule has 0 heterocycles. The van der Waals surface area contributed by atoms with Crippen LogP contribution in [0.25, 0.3) is 0 Å². The SMILES string of the molecule is O=C(O)CCNCl.O=S(=O)(O)CC1(N(Cl)Cl)CCCCC1.O=S(=O)(O)CC1(NCl)CCCCC1.O[B]O. The molecule has 0 aliphatic heterocycles. The van der Waals surface area contributed by atoms with E-state index in [-0.39, 0.29) is 19.9 Å². The van der Waals surface area contributed by atoms with E-state index < -0.39 is 43.0 Å². The minimum atomic E-state index is -4.04. The van der Waals surface area contributed by atoms with E-state index in [9.17, 15) is 21.6 Å². The van der Waals surface area contributed by atoms with Crippen molar-refractivity contribution in [3.05, 3.63) is 0 Å². The van der Waals surface area contributed by atoms with Crippen molar-refractivity contribution in [3.63, 3.8) is 0 Å². The lowest BCUT2D eigenvalue weighted by atomic mass is 9.84. The third-order valence-electron chi connectivity index (χ3n) is 5.50. The third kappa shape index (κ3) is 20.8. The molecule has 2 rings (SSSR count). The molecule has 0 unspecified atom stereocenters. The number of carboxylic acids is 1. The van der Waals surface area contributed by atoms with Gasteiger partial charge >= 0.3 is 13.7 Å². The van der Waals surface area contributed by atoms with E-state index in [2.05, 4.69) is 9.67 Å². The Morgan fingerprint density at radius 3 is 1.51 bits per heavy atom. The Hall–Kier alpha value is 0.315. The predicted octanol–water partition coefficient (Wildman–Crippen LogP) is 2.22. The summed E-state index contributed by atoms with van der Waals surface area (Å²) < 4.78 is 61.5. The number of hydrogen-bond acceptors (Lipinski definition) is 10. The molecule has 0 spiro atoms. The third-order valence-corrected chi connectivity index (χ3v) is 8.62. The van der Waals surface area contributed by atoms with Gasteiger partial charge in [0.2, 0.25) is 0 Å². The molecule has 13 nitrogen and oxygen atoms in total. The quantitative estimate of drug-likeness (QED) is 0.108. The van der Waals surface area contributed by atoms with Crippen LogP contribution in [-0.4, -0.2) is 87.8 Å². The zero-order chi connectivity index (χ0) is 29.2. The molecule has 7 N–H and O–H groups in total. The first-order chi connectivity index (χ1) is 17.0. The molecule has 2 saturated carbocycles. The van der Waals surface area contributed by atoms with Gasteiger partial charge in [0.25, 0.3) is 20.2 Å². The monoisotopic (exact) mass is 656 g/mol. The topological polar surface area (TPSA) is 214 Å². The lowest BCUT2D eigenvalue weighted by Gasteiger charge is -2.37. The van der Waals surface area contributed by atoms with Gasteiger partial charge in [-0.3, -0.25) is 13.9 Å². The van der Waals surface area contributed by atoms with E-state index >= 15 is 0 Å². The summed E-state index contributed by atoms with van der Waals surface area (Å²) in [5.41, 5.74) is -1.43. The van der Waals surface area contributed by atoms with Gasteiger partial charge in [-0.15, -0.1) is 3.94 Å². The molecule has 0 aromatic carbocycles. The Morgan fingerprint density at radius 2 is 1.24 bits per heavy atom.